The molecule has 0 amide bonds. The van der Waals surface area contributed by atoms with Gasteiger partial charge in [0.15, 0.2) is 0 Å². The van der Waals surface area contributed by atoms with Crippen molar-refractivity contribution in [2.24, 2.45) is 0 Å². The number of aryl methyl sites for hydroxylation is 1. The maximum Gasteiger partial charge on any atom is 0.140 e. The Bertz CT molecular complexity index is 516. The standard InChI is InChI=1S/C15H17FO2/c1-8-4-14(16)15(10(3)9(8)2)11-5-12(17)7-13(18)6-11/h4,11H,5-7H2,1-3H3. The van der Waals surface area contributed by atoms with E-state index in [0.717, 1.165) is 16.7 Å². The van der Waals surface area contributed by atoms with Crippen LogP contribution in [-0.2, 0) is 9.59 Å². The van der Waals surface area contributed by atoms with Crippen LogP contribution in [0.1, 0.15) is 47.4 Å². The van der Waals surface area contributed by atoms with Gasteiger partial charge in [0.1, 0.15) is 17.4 Å². The van der Waals surface area contributed by atoms with Crippen LogP contribution < -0.4 is 0 Å². The van der Waals surface area contributed by atoms with Gasteiger partial charge in [0, 0.05) is 18.8 Å². The third-order valence-corrected chi connectivity index (χ3v) is 3.91. The number of rotatable bonds is 1. The van der Waals surface area contributed by atoms with Crippen LogP contribution in [0.15, 0.2) is 6.07 Å². The molecule has 0 spiro atoms. The van der Waals surface area contributed by atoms with Crippen LogP contribution in [-0.4, -0.2) is 11.6 Å². The second-order valence-corrected chi connectivity index (χ2v) is 5.20. The van der Waals surface area contributed by atoms with Crippen LogP contribution in [0.5, 0.6) is 0 Å². The number of carbonyl (C=O) groups is 2. The van der Waals surface area contributed by atoms with E-state index in [0.29, 0.717) is 5.56 Å². The first-order valence-corrected chi connectivity index (χ1v) is 6.19. The van der Waals surface area contributed by atoms with Crippen molar-refractivity contribution in [1.82, 2.24) is 0 Å². The molecule has 1 fully saturated rings. The summed E-state index contributed by atoms with van der Waals surface area (Å²) in [5.74, 6) is -0.720. The molecular weight excluding hydrogens is 231 g/mol. The predicted molar refractivity (Wildman–Crippen MR) is 67.2 cm³/mol. The highest BCUT2D eigenvalue weighted by atomic mass is 19.1. The Morgan fingerprint density at radius 3 is 2.17 bits per heavy atom. The van der Waals surface area contributed by atoms with Gasteiger partial charge in [-0.3, -0.25) is 9.59 Å². The normalized spacial score (nSPS) is 17.3. The number of Topliss-reactive ketones (excluding diaryl/α,β-unsaturated/α-hetero) is 2. The van der Waals surface area contributed by atoms with Crippen LogP contribution in [0, 0.1) is 26.6 Å². The maximum absolute atomic E-state index is 14.1. The molecule has 1 aliphatic rings. The van der Waals surface area contributed by atoms with Gasteiger partial charge in [-0.1, -0.05) is 0 Å². The topological polar surface area (TPSA) is 34.1 Å². The number of ketones is 2. The summed E-state index contributed by atoms with van der Waals surface area (Å²) in [4.78, 5) is 23.0. The summed E-state index contributed by atoms with van der Waals surface area (Å²) in [5, 5.41) is 0. The summed E-state index contributed by atoms with van der Waals surface area (Å²) in [6, 6.07) is 1.50. The fourth-order valence-electron chi connectivity index (χ4n) is 2.74. The number of carbonyl (C=O) groups excluding carboxylic acids is 2. The van der Waals surface area contributed by atoms with Gasteiger partial charge in [-0.25, -0.2) is 4.39 Å². The summed E-state index contributed by atoms with van der Waals surface area (Å²) in [6.07, 6.45) is 0.583. The Kier molecular flexibility index (Phi) is 3.33. The number of halogens is 1. The Morgan fingerprint density at radius 2 is 1.61 bits per heavy atom. The molecule has 0 saturated heterocycles. The van der Waals surface area contributed by atoms with Crippen molar-refractivity contribution in [2.45, 2.75) is 46.0 Å². The summed E-state index contributed by atoms with van der Waals surface area (Å²) in [7, 11) is 0. The van der Waals surface area contributed by atoms with Crippen molar-refractivity contribution in [1.29, 1.82) is 0 Å². The Morgan fingerprint density at radius 1 is 1.06 bits per heavy atom. The first-order chi connectivity index (χ1) is 8.40. The number of hydrogen-bond acceptors (Lipinski definition) is 2. The van der Waals surface area contributed by atoms with Gasteiger partial charge >= 0.3 is 0 Å². The first kappa shape index (κ1) is 12.9. The molecule has 0 radical (unpaired) electrons. The van der Waals surface area contributed by atoms with Gasteiger partial charge in [-0.05, 0) is 49.1 Å². The largest absolute Gasteiger partial charge is 0.299 e. The molecule has 0 aliphatic heterocycles. The van der Waals surface area contributed by atoms with Crippen molar-refractivity contribution in [3.8, 4) is 0 Å². The smallest absolute Gasteiger partial charge is 0.140 e. The van der Waals surface area contributed by atoms with Crippen molar-refractivity contribution < 1.29 is 14.0 Å². The molecule has 0 atom stereocenters. The van der Waals surface area contributed by atoms with E-state index in [1.807, 2.05) is 20.8 Å². The lowest BCUT2D eigenvalue weighted by Crippen LogP contribution is -2.23. The lowest BCUT2D eigenvalue weighted by atomic mass is 9.79. The summed E-state index contributed by atoms with van der Waals surface area (Å²) < 4.78 is 14.1. The Labute approximate surface area is 106 Å². The molecule has 0 unspecified atom stereocenters. The summed E-state index contributed by atoms with van der Waals surface area (Å²) in [6.45, 7) is 5.68. The zero-order chi connectivity index (χ0) is 13.4. The predicted octanol–water partition coefficient (Wildman–Crippen LogP) is 3.16. The van der Waals surface area contributed by atoms with Gasteiger partial charge < -0.3 is 0 Å². The molecule has 0 bridgehead atoms. The number of benzene rings is 1. The van der Waals surface area contributed by atoms with Crippen molar-refractivity contribution in [2.75, 3.05) is 0 Å². The highest BCUT2D eigenvalue weighted by molar-refractivity contribution is 6.02. The van der Waals surface area contributed by atoms with Gasteiger partial charge in [0.05, 0.1) is 6.42 Å². The van der Waals surface area contributed by atoms with Gasteiger partial charge in [-0.15, -0.1) is 0 Å². The molecule has 96 valence electrons. The van der Waals surface area contributed by atoms with Crippen LogP contribution in [0.25, 0.3) is 0 Å². The second kappa shape index (κ2) is 4.63. The Hall–Kier alpha value is -1.51. The molecule has 18 heavy (non-hydrogen) atoms. The zero-order valence-corrected chi connectivity index (χ0v) is 11.0. The van der Waals surface area contributed by atoms with E-state index in [9.17, 15) is 14.0 Å². The molecule has 1 aliphatic carbocycles. The average molecular weight is 248 g/mol. The molecule has 1 aromatic carbocycles. The molecule has 0 heterocycles. The van der Waals surface area contributed by atoms with Crippen LogP contribution >= 0.6 is 0 Å². The van der Waals surface area contributed by atoms with Crippen molar-refractivity contribution in [3.05, 3.63) is 34.1 Å². The van der Waals surface area contributed by atoms with E-state index in [2.05, 4.69) is 0 Å². The molecule has 1 aromatic rings. The zero-order valence-electron chi connectivity index (χ0n) is 11.0. The fraction of sp³-hybridized carbons (Fsp3) is 0.467. The average Bonchev–Trinajstić information content (AvgIpc) is 2.24. The minimum absolute atomic E-state index is 0.0159. The van der Waals surface area contributed by atoms with Gasteiger partial charge in [-0.2, -0.15) is 0 Å². The van der Waals surface area contributed by atoms with E-state index in [-0.39, 0.29) is 42.6 Å². The minimum atomic E-state index is -0.289. The number of hydrogen-bond donors (Lipinski definition) is 0. The van der Waals surface area contributed by atoms with Gasteiger partial charge in [0.25, 0.3) is 0 Å². The van der Waals surface area contributed by atoms with Gasteiger partial charge in [0.2, 0.25) is 0 Å². The lowest BCUT2D eigenvalue weighted by Gasteiger charge is -2.24. The van der Waals surface area contributed by atoms with Crippen LogP contribution in [0.2, 0.25) is 0 Å². The summed E-state index contributed by atoms with van der Waals surface area (Å²) >= 11 is 0. The maximum atomic E-state index is 14.1. The van der Waals surface area contributed by atoms with E-state index in [1.165, 1.54) is 6.07 Å². The van der Waals surface area contributed by atoms with E-state index in [1.54, 1.807) is 0 Å². The van der Waals surface area contributed by atoms with E-state index < -0.39 is 0 Å². The Balaban J connectivity index is 2.48. The van der Waals surface area contributed by atoms with Crippen LogP contribution in [0.3, 0.4) is 0 Å². The summed E-state index contributed by atoms with van der Waals surface area (Å²) in [5.41, 5.74) is 3.37. The van der Waals surface area contributed by atoms with E-state index in [4.69, 9.17) is 0 Å². The molecule has 2 rings (SSSR count). The third-order valence-electron chi connectivity index (χ3n) is 3.91. The third kappa shape index (κ3) is 2.22. The molecule has 2 nitrogen and oxygen atoms in total. The van der Waals surface area contributed by atoms with Crippen LogP contribution in [0.4, 0.5) is 4.39 Å². The highest BCUT2D eigenvalue weighted by Gasteiger charge is 2.30. The van der Waals surface area contributed by atoms with E-state index >= 15 is 0 Å². The molecule has 0 aromatic heterocycles. The fourth-order valence-corrected chi connectivity index (χ4v) is 2.74. The molecular formula is C15H17FO2. The highest BCUT2D eigenvalue weighted by Crippen LogP contribution is 2.35. The minimum Gasteiger partial charge on any atom is -0.299 e. The molecule has 0 N–H and O–H groups in total. The first-order valence-electron chi connectivity index (χ1n) is 6.19. The monoisotopic (exact) mass is 248 g/mol. The lowest BCUT2D eigenvalue weighted by molar-refractivity contribution is -0.130. The second-order valence-electron chi connectivity index (χ2n) is 5.20. The quantitative estimate of drug-likeness (QED) is 0.715. The molecule has 3 heteroatoms. The van der Waals surface area contributed by atoms with Crippen molar-refractivity contribution in [3.63, 3.8) is 0 Å². The van der Waals surface area contributed by atoms with Crippen molar-refractivity contribution >= 4 is 11.6 Å². The molecule has 1 saturated carbocycles. The SMILES string of the molecule is Cc1cc(F)c(C2CC(=O)CC(=O)C2)c(C)c1C.